The maximum atomic E-state index is 5.36. The standard InChI is InChI=1S/C13H21N3O/c1-2-3-12-8-13(16-10-15-12)14-6-4-11-5-7-17-9-11/h8,10-11H,2-7,9H2,1H3,(H,14,15,16). The van der Waals surface area contributed by atoms with E-state index in [4.69, 9.17) is 4.74 Å². The van der Waals surface area contributed by atoms with Crippen LogP contribution >= 0.6 is 0 Å². The molecule has 94 valence electrons. The van der Waals surface area contributed by atoms with Crippen LogP contribution in [0.3, 0.4) is 0 Å². The fraction of sp³-hybridized carbons (Fsp3) is 0.692. The highest BCUT2D eigenvalue weighted by atomic mass is 16.5. The van der Waals surface area contributed by atoms with Gasteiger partial charge in [-0.1, -0.05) is 13.3 Å². The molecule has 1 atom stereocenters. The van der Waals surface area contributed by atoms with Gasteiger partial charge in [0.1, 0.15) is 12.1 Å². The van der Waals surface area contributed by atoms with Crippen LogP contribution in [0.15, 0.2) is 12.4 Å². The Labute approximate surface area is 103 Å². The van der Waals surface area contributed by atoms with Gasteiger partial charge in [0, 0.05) is 31.5 Å². The van der Waals surface area contributed by atoms with Gasteiger partial charge in [0.2, 0.25) is 0 Å². The molecule has 1 aromatic heterocycles. The number of anilines is 1. The molecule has 1 N–H and O–H groups in total. The van der Waals surface area contributed by atoms with E-state index in [9.17, 15) is 0 Å². The second-order valence-corrected chi connectivity index (χ2v) is 4.59. The number of aromatic nitrogens is 2. The first-order chi connectivity index (χ1) is 8.38. The Kier molecular flexibility index (Phi) is 4.74. The molecule has 1 saturated heterocycles. The predicted molar refractivity (Wildman–Crippen MR) is 68.1 cm³/mol. The van der Waals surface area contributed by atoms with Crippen molar-refractivity contribution in [3.05, 3.63) is 18.1 Å². The van der Waals surface area contributed by atoms with Crippen molar-refractivity contribution in [1.29, 1.82) is 0 Å². The molecule has 0 amide bonds. The fourth-order valence-corrected chi connectivity index (χ4v) is 2.10. The molecule has 1 aliphatic heterocycles. The number of rotatable bonds is 6. The van der Waals surface area contributed by atoms with Gasteiger partial charge in [-0.2, -0.15) is 0 Å². The van der Waals surface area contributed by atoms with Gasteiger partial charge >= 0.3 is 0 Å². The number of nitrogens with one attached hydrogen (secondary N) is 1. The molecule has 4 heteroatoms. The normalized spacial score (nSPS) is 19.5. The molecule has 1 fully saturated rings. The molecule has 0 bridgehead atoms. The minimum absolute atomic E-state index is 0.722. The molecule has 0 aromatic carbocycles. The third-order valence-electron chi connectivity index (χ3n) is 3.11. The Morgan fingerprint density at radius 3 is 3.18 bits per heavy atom. The highest BCUT2D eigenvalue weighted by Gasteiger charge is 2.14. The molecular weight excluding hydrogens is 214 g/mol. The smallest absolute Gasteiger partial charge is 0.129 e. The molecule has 1 aromatic rings. The van der Waals surface area contributed by atoms with Crippen LogP contribution in [0.2, 0.25) is 0 Å². The van der Waals surface area contributed by atoms with Crippen molar-refractivity contribution in [3.63, 3.8) is 0 Å². The summed E-state index contributed by atoms with van der Waals surface area (Å²) < 4.78 is 5.36. The lowest BCUT2D eigenvalue weighted by Crippen LogP contribution is -2.10. The molecule has 17 heavy (non-hydrogen) atoms. The van der Waals surface area contributed by atoms with E-state index in [-0.39, 0.29) is 0 Å². The molecular formula is C13H21N3O. The molecule has 0 radical (unpaired) electrons. The first kappa shape index (κ1) is 12.3. The molecule has 0 spiro atoms. The number of ether oxygens (including phenoxy) is 1. The van der Waals surface area contributed by atoms with Crippen LogP contribution in [0.4, 0.5) is 5.82 Å². The van der Waals surface area contributed by atoms with Gasteiger partial charge in [-0.3, -0.25) is 0 Å². The van der Waals surface area contributed by atoms with Crippen molar-refractivity contribution in [2.24, 2.45) is 5.92 Å². The van der Waals surface area contributed by atoms with Gasteiger partial charge in [-0.15, -0.1) is 0 Å². The second-order valence-electron chi connectivity index (χ2n) is 4.59. The minimum Gasteiger partial charge on any atom is -0.381 e. The number of hydrogen-bond acceptors (Lipinski definition) is 4. The van der Waals surface area contributed by atoms with Crippen LogP contribution in [0.5, 0.6) is 0 Å². The van der Waals surface area contributed by atoms with Crippen molar-refractivity contribution in [1.82, 2.24) is 9.97 Å². The summed E-state index contributed by atoms with van der Waals surface area (Å²) in [6.45, 7) is 4.98. The third kappa shape index (κ3) is 3.97. The zero-order valence-electron chi connectivity index (χ0n) is 10.5. The summed E-state index contributed by atoms with van der Waals surface area (Å²) in [4.78, 5) is 8.48. The van der Waals surface area contributed by atoms with Crippen molar-refractivity contribution >= 4 is 5.82 Å². The Morgan fingerprint density at radius 1 is 1.47 bits per heavy atom. The highest BCUT2D eigenvalue weighted by Crippen LogP contribution is 2.16. The summed E-state index contributed by atoms with van der Waals surface area (Å²) >= 11 is 0. The Bertz CT molecular complexity index is 337. The van der Waals surface area contributed by atoms with Crippen LogP contribution in [-0.4, -0.2) is 29.7 Å². The summed E-state index contributed by atoms with van der Waals surface area (Å²) in [7, 11) is 0. The topological polar surface area (TPSA) is 47.0 Å². The van der Waals surface area contributed by atoms with E-state index in [0.717, 1.165) is 56.5 Å². The number of nitrogens with zero attached hydrogens (tertiary/aromatic N) is 2. The van der Waals surface area contributed by atoms with Crippen molar-refractivity contribution in [3.8, 4) is 0 Å². The zero-order valence-corrected chi connectivity index (χ0v) is 10.5. The molecule has 4 nitrogen and oxygen atoms in total. The molecule has 2 heterocycles. The average molecular weight is 235 g/mol. The van der Waals surface area contributed by atoms with Crippen molar-refractivity contribution < 1.29 is 4.74 Å². The summed E-state index contributed by atoms with van der Waals surface area (Å²) in [5.74, 6) is 1.67. The zero-order chi connectivity index (χ0) is 11.9. The Morgan fingerprint density at radius 2 is 2.41 bits per heavy atom. The van der Waals surface area contributed by atoms with Gasteiger partial charge in [0.15, 0.2) is 0 Å². The number of hydrogen-bond donors (Lipinski definition) is 1. The quantitative estimate of drug-likeness (QED) is 0.821. The van der Waals surface area contributed by atoms with Crippen LogP contribution in [0.25, 0.3) is 0 Å². The summed E-state index contributed by atoms with van der Waals surface area (Å²) in [5, 5.41) is 3.36. The largest absolute Gasteiger partial charge is 0.381 e. The SMILES string of the molecule is CCCc1cc(NCCC2CCOC2)ncn1. The minimum atomic E-state index is 0.722. The summed E-state index contributed by atoms with van der Waals surface area (Å²) in [5.41, 5.74) is 1.12. The van der Waals surface area contributed by atoms with Crippen LogP contribution < -0.4 is 5.32 Å². The predicted octanol–water partition coefficient (Wildman–Crippen LogP) is 2.27. The summed E-state index contributed by atoms with van der Waals surface area (Å²) in [6, 6.07) is 2.05. The summed E-state index contributed by atoms with van der Waals surface area (Å²) in [6.07, 6.45) is 6.15. The molecule has 0 saturated carbocycles. The van der Waals surface area contributed by atoms with Crippen LogP contribution in [0, 0.1) is 5.92 Å². The van der Waals surface area contributed by atoms with E-state index in [2.05, 4.69) is 28.3 Å². The van der Waals surface area contributed by atoms with Crippen LogP contribution in [0.1, 0.15) is 31.9 Å². The van der Waals surface area contributed by atoms with Gasteiger partial charge in [0.25, 0.3) is 0 Å². The molecule has 0 aliphatic carbocycles. The first-order valence-electron chi connectivity index (χ1n) is 6.51. The van der Waals surface area contributed by atoms with E-state index in [1.165, 1.54) is 6.42 Å². The van der Waals surface area contributed by atoms with E-state index in [1.54, 1.807) is 6.33 Å². The van der Waals surface area contributed by atoms with E-state index in [1.807, 2.05) is 0 Å². The van der Waals surface area contributed by atoms with Gasteiger partial charge in [0.05, 0.1) is 0 Å². The van der Waals surface area contributed by atoms with E-state index in [0.29, 0.717) is 0 Å². The lowest BCUT2D eigenvalue weighted by Gasteiger charge is -2.09. The fourth-order valence-electron chi connectivity index (χ4n) is 2.10. The number of aryl methyl sites for hydroxylation is 1. The maximum absolute atomic E-state index is 5.36. The third-order valence-corrected chi connectivity index (χ3v) is 3.11. The average Bonchev–Trinajstić information content (AvgIpc) is 2.83. The second kappa shape index (κ2) is 6.55. The van der Waals surface area contributed by atoms with Gasteiger partial charge in [-0.05, 0) is 25.2 Å². The van der Waals surface area contributed by atoms with Crippen LogP contribution in [-0.2, 0) is 11.2 Å². The van der Waals surface area contributed by atoms with Gasteiger partial charge in [-0.25, -0.2) is 9.97 Å². The molecule has 1 unspecified atom stereocenters. The monoisotopic (exact) mass is 235 g/mol. The molecule has 2 rings (SSSR count). The van der Waals surface area contributed by atoms with Gasteiger partial charge < -0.3 is 10.1 Å². The Hall–Kier alpha value is -1.16. The van der Waals surface area contributed by atoms with Crippen molar-refractivity contribution in [2.45, 2.75) is 32.6 Å². The first-order valence-corrected chi connectivity index (χ1v) is 6.51. The Balaban J connectivity index is 1.75. The maximum Gasteiger partial charge on any atom is 0.129 e. The lowest BCUT2D eigenvalue weighted by molar-refractivity contribution is 0.185. The highest BCUT2D eigenvalue weighted by molar-refractivity contribution is 5.34. The lowest BCUT2D eigenvalue weighted by atomic mass is 10.1. The van der Waals surface area contributed by atoms with E-state index >= 15 is 0 Å². The molecule has 1 aliphatic rings. The van der Waals surface area contributed by atoms with Crippen molar-refractivity contribution in [2.75, 3.05) is 25.1 Å². The van der Waals surface area contributed by atoms with E-state index < -0.39 is 0 Å².